The van der Waals surface area contributed by atoms with Crippen LogP contribution < -0.4 is 0 Å². The van der Waals surface area contributed by atoms with E-state index in [2.05, 4.69) is 41.6 Å². The summed E-state index contributed by atoms with van der Waals surface area (Å²) >= 11 is 5.75. The third kappa shape index (κ3) is 2.07. The van der Waals surface area contributed by atoms with Gasteiger partial charge in [-0.3, -0.25) is 0 Å². The molecular weight excluding hydrogens is 220 g/mol. The lowest BCUT2D eigenvalue weighted by molar-refractivity contribution is 0.580. The lowest BCUT2D eigenvalue weighted by Gasteiger charge is -2.12. The predicted octanol–water partition coefficient (Wildman–Crippen LogP) is 3.79. The van der Waals surface area contributed by atoms with Crippen LogP contribution in [0.4, 0.5) is 0 Å². The number of alkyl halides is 1. The molecule has 0 aliphatic rings. The van der Waals surface area contributed by atoms with E-state index in [9.17, 15) is 0 Å². The molecule has 0 radical (unpaired) electrons. The van der Waals surface area contributed by atoms with E-state index in [4.69, 9.17) is 11.6 Å². The Balaban J connectivity index is 2.50. The van der Waals surface area contributed by atoms with E-state index in [1.165, 1.54) is 5.52 Å². The molecule has 1 heterocycles. The number of nitrogens with zero attached hydrogens (tertiary/aromatic N) is 2. The minimum atomic E-state index is 0.442. The van der Waals surface area contributed by atoms with Crippen molar-refractivity contribution in [3.63, 3.8) is 0 Å². The van der Waals surface area contributed by atoms with Crippen molar-refractivity contribution in [3.8, 4) is 0 Å². The van der Waals surface area contributed by atoms with Gasteiger partial charge < -0.3 is 4.57 Å². The highest BCUT2D eigenvalue weighted by molar-refractivity contribution is 6.17. The first kappa shape index (κ1) is 11.5. The standard InChI is InChI=1S/C13H17ClN2/c1-10(2)16-12-7-4-3-6-11(12)15-13(16)8-5-9-14/h3-4,6-7,10H,5,8-9H2,1-2H3. The minimum Gasteiger partial charge on any atom is -0.325 e. The Morgan fingerprint density at radius 1 is 1.31 bits per heavy atom. The van der Waals surface area contributed by atoms with Crippen LogP contribution in [-0.4, -0.2) is 15.4 Å². The Morgan fingerprint density at radius 2 is 2.06 bits per heavy atom. The third-order valence-electron chi connectivity index (χ3n) is 2.72. The summed E-state index contributed by atoms with van der Waals surface area (Å²) < 4.78 is 2.31. The maximum Gasteiger partial charge on any atom is 0.110 e. The zero-order valence-corrected chi connectivity index (χ0v) is 10.5. The van der Waals surface area contributed by atoms with Crippen molar-refractivity contribution in [3.05, 3.63) is 30.1 Å². The molecule has 0 amide bonds. The Kier molecular flexibility index (Phi) is 3.49. The average Bonchev–Trinajstić information content (AvgIpc) is 2.64. The monoisotopic (exact) mass is 236 g/mol. The Labute approximate surface area is 101 Å². The molecule has 86 valence electrons. The van der Waals surface area contributed by atoms with Crippen molar-refractivity contribution < 1.29 is 0 Å². The Morgan fingerprint density at radius 3 is 2.75 bits per heavy atom. The lowest BCUT2D eigenvalue weighted by Crippen LogP contribution is -2.06. The first-order chi connectivity index (χ1) is 7.74. The molecule has 0 aliphatic heterocycles. The van der Waals surface area contributed by atoms with Crippen molar-refractivity contribution in [2.75, 3.05) is 5.88 Å². The van der Waals surface area contributed by atoms with Gasteiger partial charge in [-0.1, -0.05) is 12.1 Å². The minimum absolute atomic E-state index is 0.442. The largest absolute Gasteiger partial charge is 0.325 e. The number of imidazole rings is 1. The van der Waals surface area contributed by atoms with Crippen LogP contribution in [0.25, 0.3) is 11.0 Å². The normalized spacial score (nSPS) is 11.5. The number of fused-ring (bicyclic) bond motifs is 1. The number of rotatable bonds is 4. The van der Waals surface area contributed by atoms with Gasteiger partial charge in [-0.2, -0.15) is 0 Å². The maximum atomic E-state index is 5.75. The van der Waals surface area contributed by atoms with Crippen LogP contribution in [-0.2, 0) is 6.42 Å². The highest BCUT2D eigenvalue weighted by Crippen LogP contribution is 2.21. The lowest BCUT2D eigenvalue weighted by atomic mass is 10.2. The van der Waals surface area contributed by atoms with E-state index < -0.39 is 0 Å². The van der Waals surface area contributed by atoms with E-state index in [1.807, 2.05) is 6.07 Å². The first-order valence-electron chi connectivity index (χ1n) is 5.76. The number of benzene rings is 1. The van der Waals surface area contributed by atoms with Crippen molar-refractivity contribution in [1.82, 2.24) is 9.55 Å². The zero-order chi connectivity index (χ0) is 11.5. The second-order valence-corrected chi connectivity index (χ2v) is 4.65. The summed E-state index contributed by atoms with van der Waals surface area (Å²) in [6.45, 7) is 4.39. The summed E-state index contributed by atoms with van der Waals surface area (Å²) in [6, 6.07) is 8.74. The number of hydrogen-bond donors (Lipinski definition) is 0. The number of para-hydroxylation sites is 2. The molecule has 2 rings (SSSR count). The summed E-state index contributed by atoms with van der Waals surface area (Å²) in [4.78, 5) is 4.68. The van der Waals surface area contributed by atoms with Gasteiger partial charge in [0, 0.05) is 18.3 Å². The summed E-state index contributed by atoms with van der Waals surface area (Å²) in [7, 11) is 0. The predicted molar refractivity (Wildman–Crippen MR) is 69.2 cm³/mol. The zero-order valence-electron chi connectivity index (χ0n) is 9.78. The fourth-order valence-electron chi connectivity index (χ4n) is 2.07. The van der Waals surface area contributed by atoms with Gasteiger partial charge in [0.15, 0.2) is 0 Å². The molecule has 0 fully saturated rings. The summed E-state index contributed by atoms with van der Waals surface area (Å²) in [5.74, 6) is 1.85. The molecule has 1 aromatic carbocycles. The van der Waals surface area contributed by atoms with E-state index in [1.54, 1.807) is 0 Å². The maximum absolute atomic E-state index is 5.75. The topological polar surface area (TPSA) is 17.8 Å². The van der Waals surface area contributed by atoms with Crippen molar-refractivity contribution in [1.29, 1.82) is 0 Å². The van der Waals surface area contributed by atoms with E-state index >= 15 is 0 Å². The molecule has 0 atom stereocenters. The van der Waals surface area contributed by atoms with Gasteiger partial charge in [-0.05, 0) is 32.4 Å². The van der Waals surface area contributed by atoms with Gasteiger partial charge in [-0.15, -0.1) is 11.6 Å². The quantitative estimate of drug-likeness (QED) is 0.739. The summed E-state index contributed by atoms with van der Waals surface area (Å²) in [5, 5.41) is 0. The van der Waals surface area contributed by atoms with Gasteiger partial charge in [0.05, 0.1) is 11.0 Å². The molecule has 0 saturated heterocycles. The highest BCUT2D eigenvalue weighted by Gasteiger charge is 2.11. The van der Waals surface area contributed by atoms with E-state index in [0.29, 0.717) is 11.9 Å². The average molecular weight is 237 g/mol. The second kappa shape index (κ2) is 4.88. The van der Waals surface area contributed by atoms with Gasteiger partial charge in [0.25, 0.3) is 0 Å². The molecule has 1 aromatic heterocycles. The molecule has 0 unspecified atom stereocenters. The number of hydrogen-bond acceptors (Lipinski definition) is 1. The molecule has 0 spiro atoms. The van der Waals surface area contributed by atoms with Crippen LogP contribution in [0.1, 0.15) is 32.1 Å². The van der Waals surface area contributed by atoms with Crippen LogP contribution in [0.5, 0.6) is 0 Å². The Bertz CT molecular complexity index is 474. The molecule has 0 saturated carbocycles. The molecule has 2 nitrogen and oxygen atoms in total. The van der Waals surface area contributed by atoms with Gasteiger partial charge in [-0.25, -0.2) is 4.98 Å². The first-order valence-corrected chi connectivity index (χ1v) is 6.29. The highest BCUT2D eigenvalue weighted by atomic mass is 35.5. The van der Waals surface area contributed by atoms with Crippen LogP contribution in [0.3, 0.4) is 0 Å². The molecule has 16 heavy (non-hydrogen) atoms. The molecule has 2 aromatic rings. The number of aromatic nitrogens is 2. The fraction of sp³-hybridized carbons (Fsp3) is 0.462. The molecule has 3 heteroatoms. The molecular formula is C13H17ClN2. The number of aryl methyl sites for hydroxylation is 1. The fourth-order valence-corrected chi connectivity index (χ4v) is 2.21. The van der Waals surface area contributed by atoms with Crippen molar-refractivity contribution >= 4 is 22.6 Å². The molecule has 0 bridgehead atoms. The molecule has 0 aliphatic carbocycles. The van der Waals surface area contributed by atoms with Gasteiger partial charge in [0.2, 0.25) is 0 Å². The summed E-state index contributed by atoms with van der Waals surface area (Å²) in [6.07, 6.45) is 1.94. The summed E-state index contributed by atoms with van der Waals surface area (Å²) in [5.41, 5.74) is 2.31. The van der Waals surface area contributed by atoms with Crippen LogP contribution >= 0.6 is 11.6 Å². The number of halogens is 1. The van der Waals surface area contributed by atoms with E-state index in [0.717, 1.165) is 24.2 Å². The third-order valence-corrected chi connectivity index (χ3v) is 2.99. The van der Waals surface area contributed by atoms with Gasteiger partial charge >= 0.3 is 0 Å². The Hall–Kier alpha value is -1.02. The molecule has 0 N–H and O–H groups in total. The van der Waals surface area contributed by atoms with Gasteiger partial charge in [0.1, 0.15) is 5.82 Å². The van der Waals surface area contributed by atoms with Crippen molar-refractivity contribution in [2.24, 2.45) is 0 Å². The van der Waals surface area contributed by atoms with Crippen LogP contribution in [0.2, 0.25) is 0 Å². The van der Waals surface area contributed by atoms with Crippen LogP contribution in [0, 0.1) is 0 Å². The SMILES string of the molecule is CC(C)n1c(CCCCl)nc2ccccc21. The van der Waals surface area contributed by atoms with Crippen molar-refractivity contribution in [2.45, 2.75) is 32.7 Å². The smallest absolute Gasteiger partial charge is 0.110 e. The second-order valence-electron chi connectivity index (χ2n) is 4.27. The van der Waals surface area contributed by atoms with E-state index in [-0.39, 0.29) is 0 Å². The van der Waals surface area contributed by atoms with Crippen LogP contribution in [0.15, 0.2) is 24.3 Å².